The molecule has 0 spiro atoms. The molecule has 2 aromatic rings. The van der Waals surface area contributed by atoms with Crippen molar-refractivity contribution in [1.29, 1.82) is 0 Å². The SMILES string of the molecule is CNCCc1ncc(-c2ccc(Cl)cc2C)o1. The second kappa shape index (κ2) is 5.34. The predicted molar refractivity (Wildman–Crippen MR) is 69.3 cm³/mol. The van der Waals surface area contributed by atoms with Gasteiger partial charge in [-0.05, 0) is 37.7 Å². The first-order chi connectivity index (χ1) is 8.20. The third kappa shape index (κ3) is 2.87. The number of benzene rings is 1. The topological polar surface area (TPSA) is 38.1 Å². The molecule has 0 bridgehead atoms. The summed E-state index contributed by atoms with van der Waals surface area (Å²) in [5, 5.41) is 3.80. The van der Waals surface area contributed by atoms with Crippen LogP contribution in [-0.4, -0.2) is 18.6 Å². The highest BCUT2D eigenvalue weighted by molar-refractivity contribution is 6.30. The summed E-state index contributed by atoms with van der Waals surface area (Å²) in [7, 11) is 1.91. The number of hydrogen-bond acceptors (Lipinski definition) is 3. The molecule has 0 aliphatic rings. The molecule has 1 N–H and O–H groups in total. The number of rotatable bonds is 4. The molecule has 0 unspecified atom stereocenters. The molecule has 0 amide bonds. The summed E-state index contributed by atoms with van der Waals surface area (Å²) in [6.45, 7) is 2.87. The Morgan fingerprint density at radius 2 is 2.24 bits per heavy atom. The maximum Gasteiger partial charge on any atom is 0.196 e. The van der Waals surface area contributed by atoms with E-state index in [-0.39, 0.29) is 0 Å². The molecule has 0 saturated carbocycles. The molecule has 0 aliphatic carbocycles. The first-order valence-corrected chi connectivity index (χ1v) is 5.94. The first-order valence-electron chi connectivity index (χ1n) is 5.56. The summed E-state index contributed by atoms with van der Waals surface area (Å²) >= 11 is 5.92. The van der Waals surface area contributed by atoms with E-state index >= 15 is 0 Å². The van der Waals surface area contributed by atoms with Crippen LogP contribution < -0.4 is 5.32 Å². The Morgan fingerprint density at radius 3 is 2.94 bits per heavy atom. The maximum atomic E-state index is 5.92. The van der Waals surface area contributed by atoms with Crippen molar-refractivity contribution < 1.29 is 4.42 Å². The minimum absolute atomic E-state index is 0.737. The minimum atomic E-state index is 0.737. The van der Waals surface area contributed by atoms with E-state index in [1.54, 1.807) is 6.20 Å². The number of aromatic nitrogens is 1. The fourth-order valence-electron chi connectivity index (χ4n) is 1.69. The molecule has 0 fully saturated rings. The summed E-state index contributed by atoms with van der Waals surface area (Å²) in [5.74, 6) is 1.55. The minimum Gasteiger partial charge on any atom is -0.441 e. The Balaban J connectivity index is 2.24. The van der Waals surface area contributed by atoms with E-state index < -0.39 is 0 Å². The van der Waals surface area contributed by atoms with E-state index in [4.69, 9.17) is 16.0 Å². The zero-order valence-electron chi connectivity index (χ0n) is 9.96. The van der Waals surface area contributed by atoms with Crippen LogP contribution in [0.25, 0.3) is 11.3 Å². The number of nitrogens with zero attached hydrogens (tertiary/aromatic N) is 1. The van der Waals surface area contributed by atoms with Gasteiger partial charge in [0.1, 0.15) is 0 Å². The van der Waals surface area contributed by atoms with Crippen molar-refractivity contribution in [3.63, 3.8) is 0 Å². The van der Waals surface area contributed by atoms with Gasteiger partial charge < -0.3 is 9.73 Å². The van der Waals surface area contributed by atoms with Crippen molar-refractivity contribution in [2.24, 2.45) is 0 Å². The molecule has 1 aromatic carbocycles. The average molecular weight is 251 g/mol. The molecule has 1 heterocycles. The summed E-state index contributed by atoms with van der Waals surface area (Å²) in [5.41, 5.74) is 2.13. The molecule has 1 aromatic heterocycles. The van der Waals surface area contributed by atoms with Crippen LogP contribution in [-0.2, 0) is 6.42 Å². The van der Waals surface area contributed by atoms with E-state index in [1.165, 1.54) is 0 Å². The van der Waals surface area contributed by atoms with Gasteiger partial charge in [-0.3, -0.25) is 0 Å². The van der Waals surface area contributed by atoms with Gasteiger partial charge in [-0.2, -0.15) is 0 Å². The third-order valence-electron chi connectivity index (χ3n) is 2.60. The number of hydrogen-bond donors (Lipinski definition) is 1. The van der Waals surface area contributed by atoms with E-state index in [0.29, 0.717) is 0 Å². The summed E-state index contributed by atoms with van der Waals surface area (Å²) in [4.78, 5) is 4.25. The molecule has 0 aliphatic heterocycles. The lowest BCUT2D eigenvalue weighted by atomic mass is 10.1. The highest BCUT2D eigenvalue weighted by atomic mass is 35.5. The summed E-state index contributed by atoms with van der Waals surface area (Å²) < 4.78 is 5.70. The van der Waals surface area contributed by atoms with Gasteiger partial charge in [-0.1, -0.05) is 11.6 Å². The Hall–Kier alpha value is -1.32. The Morgan fingerprint density at radius 1 is 1.41 bits per heavy atom. The number of oxazole rings is 1. The van der Waals surface area contributed by atoms with Gasteiger partial charge >= 0.3 is 0 Å². The quantitative estimate of drug-likeness (QED) is 0.906. The molecule has 17 heavy (non-hydrogen) atoms. The number of halogens is 1. The van der Waals surface area contributed by atoms with Gasteiger partial charge in [-0.25, -0.2) is 4.98 Å². The molecule has 90 valence electrons. The molecule has 0 radical (unpaired) electrons. The average Bonchev–Trinajstić information content (AvgIpc) is 2.75. The third-order valence-corrected chi connectivity index (χ3v) is 2.83. The molecular weight excluding hydrogens is 236 g/mol. The monoisotopic (exact) mass is 250 g/mol. The zero-order chi connectivity index (χ0) is 12.3. The van der Waals surface area contributed by atoms with Crippen LogP contribution in [0.15, 0.2) is 28.8 Å². The predicted octanol–water partition coefficient (Wildman–Crippen LogP) is 3.07. The van der Waals surface area contributed by atoms with Crippen LogP contribution in [0.4, 0.5) is 0 Å². The van der Waals surface area contributed by atoms with Crippen molar-refractivity contribution in [2.45, 2.75) is 13.3 Å². The van der Waals surface area contributed by atoms with Crippen molar-refractivity contribution in [1.82, 2.24) is 10.3 Å². The summed E-state index contributed by atoms with van der Waals surface area (Å²) in [6.07, 6.45) is 2.56. The van der Waals surface area contributed by atoms with E-state index in [2.05, 4.69) is 10.3 Å². The first kappa shape index (κ1) is 12.1. The van der Waals surface area contributed by atoms with E-state index in [0.717, 1.165) is 40.8 Å². The molecule has 2 rings (SSSR count). The number of aryl methyl sites for hydroxylation is 1. The van der Waals surface area contributed by atoms with Crippen LogP contribution in [0.3, 0.4) is 0 Å². The Bertz CT molecular complexity index is 508. The lowest BCUT2D eigenvalue weighted by Gasteiger charge is -2.02. The number of nitrogens with one attached hydrogen (secondary N) is 1. The summed E-state index contributed by atoms with van der Waals surface area (Å²) in [6, 6.07) is 5.74. The normalized spacial score (nSPS) is 10.8. The van der Waals surface area contributed by atoms with Crippen LogP contribution >= 0.6 is 11.6 Å². The largest absolute Gasteiger partial charge is 0.441 e. The van der Waals surface area contributed by atoms with Crippen LogP contribution in [0.1, 0.15) is 11.5 Å². The molecule has 4 heteroatoms. The highest BCUT2D eigenvalue weighted by Crippen LogP contribution is 2.26. The molecule has 3 nitrogen and oxygen atoms in total. The lowest BCUT2D eigenvalue weighted by molar-refractivity contribution is 0.500. The van der Waals surface area contributed by atoms with Gasteiger partial charge in [0, 0.05) is 23.6 Å². The maximum absolute atomic E-state index is 5.92. The van der Waals surface area contributed by atoms with Crippen LogP contribution in [0, 0.1) is 6.92 Å². The smallest absolute Gasteiger partial charge is 0.196 e. The van der Waals surface area contributed by atoms with Gasteiger partial charge in [-0.15, -0.1) is 0 Å². The van der Waals surface area contributed by atoms with Crippen LogP contribution in [0.5, 0.6) is 0 Å². The Kier molecular flexibility index (Phi) is 3.82. The number of likely N-dealkylation sites (N-methyl/N-ethyl adjacent to an activating group) is 1. The van der Waals surface area contributed by atoms with Gasteiger partial charge in [0.2, 0.25) is 0 Å². The fraction of sp³-hybridized carbons (Fsp3) is 0.308. The van der Waals surface area contributed by atoms with Crippen molar-refractivity contribution in [2.75, 3.05) is 13.6 Å². The van der Waals surface area contributed by atoms with E-state index in [9.17, 15) is 0 Å². The Labute approximate surface area is 106 Å². The van der Waals surface area contributed by atoms with Gasteiger partial charge in [0.25, 0.3) is 0 Å². The zero-order valence-corrected chi connectivity index (χ0v) is 10.7. The van der Waals surface area contributed by atoms with Gasteiger partial charge in [0.15, 0.2) is 11.7 Å². The van der Waals surface area contributed by atoms with Crippen LogP contribution in [0.2, 0.25) is 5.02 Å². The van der Waals surface area contributed by atoms with E-state index in [1.807, 2.05) is 32.2 Å². The second-order valence-corrected chi connectivity index (χ2v) is 4.37. The lowest BCUT2D eigenvalue weighted by Crippen LogP contribution is -2.10. The van der Waals surface area contributed by atoms with Crippen molar-refractivity contribution in [3.05, 3.63) is 40.9 Å². The highest BCUT2D eigenvalue weighted by Gasteiger charge is 2.08. The van der Waals surface area contributed by atoms with Crippen molar-refractivity contribution >= 4 is 11.6 Å². The standard InChI is InChI=1S/C13H15ClN2O/c1-9-7-10(14)3-4-11(9)12-8-16-13(17-12)5-6-15-2/h3-4,7-8,15H,5-6H2,1-2H3. The molecule has 0 saturated heterocycles. The fourth-order valence-corrected chi connectivity index (χ4v) is 1.91. The second-order valence-electron chi connectivity index (χ2n) is 3.93. The van der Waals surface area contributed by atoms with Crippen molar-refractivity contribution in [3.8, 4) is 11.3 Å². The molecule has 0 atom stereocenters. The van der Waals surface area contributed by atoms with Gasteiger partial charge in [0.05, 0.1) is 6.20 Å². The molecular formula is C13H15ClN2O.